The minimum absolute atomic E-state index is 0.751. The van der Waals surface area contributed by atoms with E-state index in [9.17, 15) is 0 Å². The third kappa shape index (κ3) is 2.56. The van der Waals surface area contributed by atoms with Crippen LogP contribution in [-0.4, -0.2) is 7.11 Å². The molecular formula is C15H16N2O. The largest absolute Gasteiger partial charge is 0.494 e. The lowest BCUT2D eigenvalue weighted by Gasteiger charge is -2.06. The standard InChI is InChI=1S/C15H16N2O/c1-11-7-4-5-9-13(11)16-17-14-10-6-8-12(2)15(14)18-3/h4-10H,1-3H3. The molecule has 0 aliphatic heterocycles. The summed E-state index contributed by atoms with van der Waals surface area (Å²) in [5.41, 5.74) is 3.79. The predicted octanol–water partition coefficient (Wildman–Crippen LogP) is 4.73. The van der Waals surface area contributed by atoms with Gasteiger partial charge in [0.2, 0.25) is 0 Å². The van der Waals surface area contributed by atoms with Crippen molar-refractivity contribution >= 4 is 11.4 Å². The second kappa shape index (κ2) is 5.45. The van der Waals surface area contributed by atoms with E-state index in [1.54, 1.807) is 7.11 Å². The Bertz CT molecular complexity index is 576. The molecule has 0 saturated heterocycles. The minimum Gasteiger partial charge on any atom is -0.494 e. The molecule has 0 aliphatic rings. The summed E-state index contributed by atoms with van der Waals surface area (Å²) in [6, 6.07) is 13.7. The molecule has 92 valence electrons. The Balaban J connectivity index is 2.35. The molecule has 2 aromatic carbocycles. The summed E-state index contributed by atoms with van der Waals surface area (Å²) in [5.74, 6) is 0.773. The summed E-state index contributed by atoms with van der Waals surface area (Å²) >= 11 is 0. The Labute approximate surface area is 107 Å². The lowest BCUT2D eigenvalue weighted by atomic mass is 10.2. The van der Waals surface area contributed by atoms with Crippen molar-refractivity contribution < 1.29 is 4.74 Å². The third-order valence-corrected chi connectivity index (χ3v) is 2.78. The molecule has 0 heterocycles. The highest BCUT2D eigenvalue weighted by Crippen LogP contribution is 2.32. The zero-order valence-electron chi connectivity index (χ0n) is 10.8. The molecule has 0 amide bonds. The van der Waals surface area contributed by atoms with Gasteiger partial charge in [-0.15, -0.1) is 5.11 Å². The second-order valence-electron chi connectivity index (χ2n) is 4.11. The normalized spacial score (nSPS) is 10.8. The van der Waals surface area contributed by atoms with Crippen molar-refractivity contribution in [2.24, 2.45) is 10.2 Å². The molecule has 0 fully saturated rings. The highest BCUT2D eigenvalue weighted by Gasteiger charge is 2.04. The van der Waals surface area contributed by atoms with Crippen LogP contribution in [0.2, 0.25) is 0 Å². The summed E-state index contributed by atoms with van der Waals surface area (Å²) in [7, 11) is 1.65. The summed E-state index contributed by atoms with van der Waals surface area (Å²) < 4.78 is 5.34. The van der Waals surface area contributed by atoms with Crippen LogP contribution in [0.4, 0.5) is 11.4 Å². The summed E-state index contributed by atoms with van der Waals surface area (Å²) in [4.78, 5) is 0. The van der Waals surface area contributed by atoms with Crippen molar-refractivity contribution in [3.8, 4) is 5.75 Å². The summed E-state index contributed by atoms with van der Waals surface area (Å²) in [5, 5.41) is 8.54. The van der Waals surface area contributed by atoms with Gasteiger partial charge in [0.05, 0.1) is 12.8 Å². The lowest BCUT2D eigenvalue weighted by molar-refractivity contribution is 0.413. The SMILES string of the molecule is COc1c(C)cccc1N=Nc1ccccc1C. The molecule has 18 heavy (non-hydrogen) atoms. The molecule has 0 aliphatic carbocycles. The topological polar surface area (TPSA) is 34.0 Å². The van der Waals surface area contributed by atoms with Crippen molar-refractivity contribution in [2.75, 3.05) is 7.11 Å². The maximum absolute atomic E-state index is 5.34. The molecule has 0 N–H and O–H groups in total. The molecule has 0 spiro atoms. The number of azo groups is 1. The van der Waals surface area contributed by atoms with E-state index in [0.717, 1.165) is 28.3 Å². The number of nitrogens with zero attached hydrogens (tertiary/aromatic N) is 2. The fourth-order valence-corrected chi connectivity index (χ4v) is 1.76. The van der Waals surface area contributed by atoms with Crippen LogP contribution in [0.1, 0.15) is 11.1 Å². The van der Waals surface area contributed by atoms with Crippen LogP contribution in [-0.2, 0) is 0 Å². The fraction of sp³-hybridized carbons (Fsp3) is 0.200. The molecule has 0 aromatic heterocycles. The van der Waals surface area contributed by atoms with Crippen LogP contribution in [0.25, 0.3) is 0 Å². The van der Waals surface area contributed by atoms with Crippen LogP contribution >= 0.6 is 0 Å². The number of hydrogen-bond acceptors (Lipinski definition) is 3. The molecular weight excluding hydrogens is 224 g/mol. The highest BCUT2D eigenvalue weighted by atomic mass is 16.5. The summed E-state index contributed by atoms with van der Waals surface area (Å²) in [6.45, 7) is 4.01. The smallest absolute Gasteiger partial charge is 0.149 e. The monoisotopic (exact) mass is 240 g/mol. The van der Waals surface area contributed by atoms with E-state index in [1.165, 1.54) is 0 Å². The number of rotatable bonds is 3. The van der Waals surface area contributed by atoms with Crippen molar-refractivity contribution in [1.29, 1.82) is 0 Å². The maximum atomic E-state index is 5.34. The van der Waals surface area contributed by atoms with Gasteiger partial charge >= 0.3 is 0 Å². The zero-order chi connectivity index (χ0) is 13.0. The van der Waals surface area contributed by atoms with Crippen molar-refractivity contribution in [1.82, 2.24) is 0 Å². The lowest BCUT2D eigenvalue weighted by Crippen LogP contribution is -1.86. The quantitative estimate of drug-likeness (QED) is 0.714. The Morgan fingerprint density at radius 3 is 2.11 bits per heavy atom. The van der Waals surface area contributed by atoms with Gasteiger partial charge in [-0.25, -0.2) is 0 Å². The number of aryl methyl sites for hydroxylation is 2. The van der Waals surface area contributed by atoms with E-state index in [0.29, 0.717) is 0 Å². The Morgan fingerprint density at radius 1 is 0.778 bits per heavy atom. The molecule has 3 nitrogen and oxygen atoms in total. The average Bonchev–Trinajstić information content (AvgIpc) is 2.38. The molecule has 0 bridgehead atoms. The van der Waals surface area contributed by atoms with E-state index in [4.69, 9.17) is 4.74 Å². The molecule has 0 radical (unpaired) electrons. The van der Waals surface area contributed by atoms with E-state index in [2.05, 4.69) is 10.2 Å². The van der Waals surface area contributed by atoms with Gasteiger partial charge in [-0.1, -0.05) is 30.3 Å². The van der Waals surface area contributed by atoms with Gasteiger partial charge in [-0.2, -0.15) is 5.11 Å². The van der Waals surface area contributed by atoms with Gasteiger partial charge in [-0.3, -0.25) is 0 Å². The Kier molecular flexibility index (Phi) is 3.72. The number of hydrogen-bond donors (Lipinski definition) is 0. The first kappa shape index (κ1) is 12.3. The van der Waals surface area contributed by atoms with Gasteiger partial charge in [0, 0.05) is 0 Å². The predicted molar refractivity (Wildman–Crippen MR) is 73.1 cm³/mol. The first-order valence-electron chi connectivity index (χ1n) is 5.83. The Morgan fingerprint density at radius 2 is 1.39 bits per heavy atom. The average molecular weight is 240 g/mol. The van der Waals surface area contributed by atoms with Gasteiger partial charge in [0.1, 0.15) is 11.4 Å². The fourth-order valence-electron chi connectivity index (χ4n) is 1.76. The number of methoxy groups -OCH3 is 1. The van der Waals surface area contributed by atoms with Crippen LogP contribution in [0.15, 0.2) is 52.7 Å². The van der Waals surface area contributed by atoms with E-state index < -0.39 is 0 Å². The van der Waals surface area contributed by atoms with Crippen LogP contribution < -0.4 is 4.74 Å². The van der Waals surface area contributed by atoms with E-state index in [-0.39, 0.29) is 0 Å². The number of para-hydroxylation sites is 1. The van der Waals surface area contributed by atoms with Crippen LogP contribution in [0.5, 0.6) is 5.75 Å². The van der Waals surface area contributed by atoms with Crippen LogP contribution in [0, 0.1) is 13.8 Å². The first-order valence-corrected chi connectivity index (χ1v) is 5.83. The van der Waals surface area contributed by atoms with Gasteiger partial charge in [0.25, 0.3) is 0 Å². The first-order chi connectivity index (χ1) is 8.72. The molecule has 0 saturated carbocycles. The van der Waals surface area contributed by atoms with Crippen molar-refractivity contribution in [3.63, 3.8) is 0 Å². The summed E-state index contributed by atoms with van der Waals surface area (Å²) in [6.07, 6.45) is 0. The Hall–Kier alpha value is -2.16. The van der Waals surface area contributed by atoms with Gasteiger partial charge in [-0.05, 0) is 37.1 Å². The van der Waals surface area contributed by atoms with Gasteiger partial charge < -0.3 is 4.74 Å². The molecule has 3 heteroatoms. The highest BCUT2D eigenvalue weighted by molar-refractivity contribution is 5.56. The number of ether oxygens (including phenoxy) is 1. The molecule has 0 atom stereocenters. The van der Waals surface area contributed by atoms with E-state index in [1.807, 2.05) is 56.3 Å². The van der Waals surface area contributed by atoms with Crippen molar-refractivity contribution in [2.45, 2.75) is 13.8 Å². The molecule has 2 rings (SSSR count). The second-order valence-corrected chi connectivity index (χ2v) is 4.11. The third-order valence-electron chi connectivity index (χ3n) is 2.78. The number of benzene rings is 2. The van der Waals surface area contributed by atoms with Crippen LogP contribution in [0.3, 0.4) is 0 Å². The minimum atomic E-state index is 0.751. The zero-order valence-corrected chi connectivity index (χ0v) is 10.8. The van der Waals surface area contributed by atoms with E-state index >= 15 is 0 Å². The molecule has 0 unspecified atom stereocenters. The maximum Gasteiger partial charge on any atom is 0.149 e. The van der Waals surface area contributed by atoms with Gasteiger partial charge in [0.15, 0.2) is 0 Å². The van der Waals surface area contributed by atoms with Crippen molar-refractivity contribution in [3.05, 3.63) is 53.6 Å². The molecule has 2 aromatic rings.